The summed E-state index contributed by atoms with van der Waals surface area (Å²) in [5.41, 5.74) is 8.72. The molecule has 0 spiro atoms. The van der Waals surface area contributed by atoms with Crippen molar-refractivity contribution in [3.8, 4) is 16.9 Å². The standard InChI is InChI=1S/C17H11F3N4O/c18-17(19,20)25-11-3-1-9(2-4-11)10-5-13-12-6-15(21)22-8-14(12)24-16(13)23-7-10/h1-8H,(H2,21,22)(H,23,24). The van der Waals surface area contributed by atoms with Crippen molar-refractivity contribution in [2.45, 2.75) is 6.36 Å². The molecule has 0 saturated heterocycles. The smallest absolute Gasteiger partial charge is 0.406 e. The van der Waals surface area contributed by atoms with Crippen LogP contribution in [0.25, 0.3) is 33.1 Å². The van der Waals surface area contributed by atoms with E-state index in [0.29, 0.717) is 11.5 Å². The van der Waals surface area contributed by atoms with E-state index >= 15 is 0 Å². The molecule has 5 nitrogen and oxygen atoms in total. The average molecular weight is 344 g/mol. The molecule has 0 aliphatic heterocycles. The molecular weight excluding hydrogens is 333 g/mol. The van der Waals surface area contributed by atoms with Crippen LogP contribution >= 0.6 is 0 Å². The molecule has 25 heavy (non-hydrogen) atoms. The molecular formula is C17H11F3N4O. The van der Waals surface area contributed by atoms with E-state index in [-0.39, 0.29) is 5.75 Å². The lowest BCUT2D eigenvalue weighted by atomic mass is 10.1. The van der Waals surface area contributed by atoms with Gasteiger partial charge in [-0.1, -0.05) is 12.1 Å². The Morgan fingerprint density at radius 3 is 2.40 bits per heavy atom. The van der Waals surface area contributed by atoms with Gasteiger partial charge in [-0.05, 0) is 29.8 Å². The van der Waals surface area contributed by atoms with Crippen molar-refractivity contribution >= 4 is 27.8 Å². The van der Waals surface area contributed by atoms with Gasteiger partial charge in [0.15, 0.2) is 0 Å². The molecule has 0 aliphatic rings. The molecule has 0 bridgehead atoms. The Hall–Kier alpha value is -3.29. The second-order valence-electron chi connectivity index (χ2n) is 5.47. The van der Waals surface area contributed by atoms with Gasteiger partial charge in [-0.3, -0.25) is 0 Å². The van der Waals surface area contributed by atoms with Crippen LogP contribution in [0.2, 0.25) is 0 Å². The fourth-order valence-electron chi connectivity index (χ4n) is 2.70. The summed E-state index contributed by atoms with van der Waals surface area (Å²) in [7, 11) is 0. The quantitative estimate of drug-likeness (QED) is 0.570. The molecule has 0 amide bonds. The molecule has 3 heterocycles. The minimum atomic E-state index is -4.71. The SMILES string of the molecule is Nc1cc2c(cn1)[nH]c1ncc(-c3ccc(OC(F)(F)F)cc3)cc12. The zero-order valence-corrected chi connectivity index (χ0v) is 12.6. The van der Waals surface area contributed by atoms with Crippen molar-refractivity contribution < 1.29 is 17.9 Å². The van der Waals surface area contributed by atoms with Gasteiger partial charge >= 0.3 is 6.36 Å². The number of aromatic amines is 1. The number of nitrogens with zero attached hydrogens (tertiary/aromatic N) is 2. The Balaban J connectivity index is 1.76. The van der Waals surface area contributed by atoms with E-state index in [4.69, 9.17) is 5.73 Å². The number of nitrogens with one attached hydrogen (secondary N) is 1. The zero-order chi connectivity index (χ0) is 17.6. The summed E-state index contributed by atoms with van der Waals surface area (Å²) >= 11 is 0. The number of rotatable bonds is 2. The second kappa shape index (κ2) is 5.37. The summed E-state index contributed by atoms with van der Waals surface area (Å²) in [5.74, 6) is 0.128. The summed E-state index contributed by atoms with van der Waals surface area (Å²) in [4.78, 5) is 11.6. The maximum Gasteiger partial charge on any atom is 0.573 e. The highest BCUT2D eigenvalue weighted by atomic mass is 19.4. The number of ether oxygens (including phenoxy) is 1. The van der Waals surface area contributed by atoms with Crippen LogP contribution in [-0.2, 0) is 0 Å². The Morgan fingerprint density at radius 1 is 0.920 bits per heavy atom. The third-order valence-corrected chi connectivity index (χ3v) is 3.78. The number of anilines is 1. The van der Waals surface area contributed by atoms with Crippen molar-refractivity contribution in [1.29, 1.82) is 0 Å². The number of H-pyrrole nitrogens is 1. The van der Waals surface area contributed by atoms with Gasteiger partial charge in [0.2, 0.25) is 0 Å². The molecule has 0 saturated carbocycles. The summed E-state index contributed by atoms with van der Waals surface area (Å²) in [5, 5.41) is 1.74. The van der Waals surface area contributed by atoms with Gasteiger partial charge in [0, 0.05) is 22.5 Å². The van der Waals surface area contributed by atoms with Gasteiger partial charge in [0.05, 0.1) is 11.7 Å². The number of hydrogen-bond acceptors (Lipinski definition) is 4. The summed E-state index contributed by atoms with van der Waals surface area (Å²) in [6, 6.07) is 9.29. The Morgan fingerprint density at radius 2 is 1.68 bits per heavy atom. The number of aromatic nitrogens is 3. The van der Waals surface area contributed by atoms with Crippen LogP contribution < -0.4 is 10.5 Å². The van der Waals surface area contributed by atoms with Crippen LogP contribution in [0.3, 0.4) is 0 Å². The van der Waals surface area contributed by atoms with Gasteiger partial charge in [-0.2, -0.15) is 0 Å². The first-order chi connectivity index (χ1) is 11.9. The maximum atomic E-state index is 12.2. The van der Waals surface area contributed by atoms with E-state index in [9.17, 15) is 13.2 Å². The molecule has 4 rings (SSSR count). The third-order valence-electron chi connectivity index (χ3n) is 3.78. The molecule has 0 unspecified atom stereocenters. The fourth-order valence-corrected chi connectivity index (χ4v) is 2.70. The van der Waals surface area contributed by atoms with Crippen LogP contribution in [0.1, 0.15) is 0 Å². The minimum absolute atomic E-state index is 0.267. The topological polar surface area (TPSA) is 76.8 Å². The van der Waals surface area contributed by atoms with Gasteiger partial charge in [-0.15, -0.1) is 13.2 Å². The van der Waals surface area contributed by atoms with Crippen LogP contribution in [0, 0.1) is 0 Å². The number of hydrogen-bond donors (Lipinski definition) is 2. The predicted molar refractivity (Wildman–Crippen MR) is 87.9 cm³/mol. The van der Waals surface area contributed by atoms with Gasteiger partial charge in [0.25, 0.3) is 0 Å². The van der Waals surface area contributed by atoms with Gasteiger partial charge in [-0.25, -0.2) is 9.97 Å². The van der Waals surface area contributed by atoms with Crippen molar-refractivity contribution in [2.24, 2.45) is 0 Å². The first kappa shape index (κ1) is 15.3. The second-order valence-corrected chi connectivity index (χ2v) is 5.47. The third kappa shape index (κ3) is 2.93. The van der Waals surface area contributed by atoms with E-state index in [1.807, 2.05) is 6.07 Å². The summed E-state index contributed by atoms with van der Waals surface area (Å²) in [6.07, 6.45) is -1.43. The molecule has 4 aromatic rings. The number of fused-ring (bicyclic) bond motifs is 3. The Bertz CT molecular complexity index is 1070. The molecule has 3 N–H and O–H groups in total. The molecule has 0 radical (unpaired) electrons. The molecule has 126 valence electrons. The summed E-state index contributed by atoms with van der Waals surface area (Å²) < 4.78 is 40.6. The average Bonchev–Trinajstić information content (AvgIpc) is 2.91. The summed E-state index contributed by atoms with van der Waals surface area (Å²) in [6.45, 7) is 0. The largest absolute Gasteiger partial charge is 0.573 e. The lowest BCUT2D eigenvalue weighted by Crippen LogP contribution is -2.16. The first-order valence-electron chi connectivity index (χ1n) is 7.28. The Labute approximate surface area is 139 Å². The van der Waals surface area contributed by atoms with Gasteiger partial charge in [0.1, 0.15) is 17.2 Å². The van der Waals surface area contributed by atoms with E-state index in [1.165, 1.54) is 12.1 Å². The van der Waals surface area contributed by atoms with Crippen LogP contribution in [0.5, 0.6) is 5.75 Å². The van der Waals surface area contributed by atoms with Crippen molar-refractivity contribution in [2.75, 3.05) is 5.73 Å². The highest BCUT2D eigenvalue weighted by molar-refractivity contribution is 6.07. The number of halogens is 3. The van der Waals surface area contributed by atoms with E-state index in [2.05, 4.69) is 19.7 Å². The molecule has 3 aromatic heterocycles. The maximum absolute atomic E-state index is 12.2. The van der Waals surface area contributed by atoms with E-state index in [1.54, 1.807) is 30.6 Å². The number of alkyl halides is 3. The van der Waals surface area contributed by atoms with E-state index < -0.39 is 6.36 Å². The Kier molecular flexibility index (Phi) is 3.28. The normalized spacial score (nSPS) is 12.0. The van der Waals surface area contributed by atoms with Crippen molar-refractivity contribution in [3.63, 3.8) is 0 Å². The highest BCUT2D eigenvalue weighted by Gasteiger charge is 2.30. The fraction of sp³-hybridized carbons (Fsp3) is 0.0588. The number of nitrogen functional groups attached to an aromatic ring is 1. The van der Waals surface area contributed by atoms with Crippen LogP contribution in [-0.4, -0.2) is 21.3 Å². The lowest BCUT2D eigenvalue weighted by molar-refractivity contribution is -0.274. The van der Waals surface area contributed by atoms with Crippen molar-refractivity contribution in [3.05, 3.63) is 48.8 Å². The number of nitrogens with two attached hydrogens (primary N) is 1. The number of benzene rings is 1. The van der Waals surface area contributed by atoms with Crippen molar-refractivity contribution in [1.82, 2.24) is 15.0 Å². The predicted octanol–water partition coefficient (Wildman–Crippen LogP) is 4.26. The minimum Gasteiger partial charge on any atom is -0.406 e. The number of pyridine rings is 2. The zero-order valence-electron chi connectivity index (χ0n) is 12.6. The lowest BCUT2D eigenvalue weighted by Gasteiger charge is -2.09. The first-order valence-corrected chi connectivity index (χ1v) is 7.28. The van der Waals surface area contributed by atoms with Crippen LogP contribution in [0.15, 0.2) is 48.8 Å². The molecule has 1 aromatic carbocycles. The van der Waals surface area contributed by atoms with E-state index in [0.717, 1.165) is 27.4 Å². The molecule has 0 atom stereocenters. The van der Waals surface area contributed by atoms with Gasteiger partial charge < -0.3 is 15.5 Å². The van der Waals surface area contributed by atoms with Crippen LogP contribution in [0.4, 0.5) is 19.0 Å². The molecule has 8 heteroatoms. The monoisotopic (exact) mass is 344 g/mol. The highest BCUT2D eigenvalue weighted by Crippen LogP contribution is 2.30. The molecule has 0 aliphatic carbocycles. The molecule has 0 fully saturated rings.